The molecular formula is C35H31FN2O6. The van der Waals surface area contributed by atoms with Crippen LogP contribution in [0.4, 0.5) is 14.9 Å². The van der Waals surface area contributed by atoms with E-state index >= 15 is 4.79 Å². The monoisotopic (exact) mass is 594 g/mol. The van der Waals surface area contributed by atoms with Crippen molar-refractivity contribution in [1.82, 2.24) is 0 Å². The Hall–Kier alpha value is -4.89. The van der Waals surface area contributed by atoms with E-state index in [1.807, 2.05) is 49.4 Å². The van der Waals surface area contributed by atoms with Crippen molar-refractivity contribution in [2.45, 2.75) is 56.8 Å². The molecule has 0 saturated heterocycles. The van der Waals surface area contributed by atoms with Crippen LogP contribution in [-0.4, -0.2) is 33.7 Å². The molecule has 4 aromatic carbocycles. The number of aliphatic hydroxyl groups is 1. The van der Waals surface area contributed by atoms with Crippen molar-refractivity contribution < 1.29 is 28.7 Å². The van der Waals surface area contributed by atoms with Gasteiger partial charge in [-0.2, -0.15) is 0 Å². The minimum atomic E-state index is -1.85. The number of ether oxygens (including phenoxy) is 1. The summed E-state index contributed by atoms with van der Waals surface area (Å²) in [5, 5.41) is 24.1. The molecule has 44 heavy (non-hydrogen) atoms. The van der Waals surface area contributed by atoms with E-state index in [9.17, 15) is 24.4 Å². The molecule has 224 valence electrons. The van der Waals surface area contributed by atoms with Gasteiger partial charge in [-0.25, -0.2) is 14.1 Å². The number of aryl methyl sites for hydroxylation is 1. The molecule has 8 nitrogen and oxygen atoms in total. The molecule has 1 N–H and O–H groups in total. The molecule has 0 aromatic heterocycles. The minimum absolute atomic E-state index is 0.0368. The van der Waals surface area contributed by atoms with Crippen LogP contribution in [0.25, 0.3) is 11.1 Å². The Kier molecular flexibility index (Phi) is 6.89. The highest BCUT2D eigenvalue weighted by Crippen LogP contribution is 2.60. The van der Waals surface area contributed by atoms with E-state index in [2.05, 4.69) is 0 Å². The van der Waals surface area contributed by atoms with Gasteiger partial charge in [-0.05, 0) is 79.3 Å². The summed E-state index contributed by atoms with van der Waals surface area (Å²) in [7, 11) is 0. The number of nitro groups is 1. The van der Waals surface area contributed by atoms with Crippen molar-refractivity contribution >= 4 is 17.7 Å². The molecule has 1 heterocycles. The van der Waals surface area contributed by atoms with Crippen LogP contribution < -0.4 is 4.90 Å². The normalized spacial score (nSPS) is 22.5. The second kappa shape index (κ2) is 10.4. The van der Waals surface area contributed by atoms with Crippen molar-refractivity contribution in [3.05, 3.63) is 135 Å². The molecule has 2 aliphatic rings. The SMILES string of the molecule is Cc1ccc2c(c1)[C@](c1ccc(-c3ccccc3)cc1)([C@H]1c3ccc(F)cc3[C@@H](O)[C@H]1[N+](=O)[O-])C(=O)N2C(=O)OC(C)(C)C. The van der Waals surface area contributed by atoms with Crippen LogP contribution in [0.15, 0.2) is 91.0 Å². The lowest BCUT2D eigenvalue weighted by molar-refractivity contribution is -0.538. The zero-order chi connectivity index (χ0) is 31.6. The Morgan fingerprint density at radius 1 is 0.955 bits per heavy atom. The molecule has 4 atom stereocenters. The van der Waals surface area contributed by atoms with Crippen molar-refractivity contribution in [2.75, 3.05) is 4.90 Å². The summed E-state index contributed by atoms with van der Waals surface area (Å²) in [6.07, 6.45) is -2.62. The molecule has 0 saturated carbocycles. The molecule has 2 amide bonds. The average molecular weight is 595 g/mol. The maximum Gasteiger partial charge on any atom is 0.421 e. The lowest BCUT2D eigenvalue weighted by Crippen LogP contribution is -2.51. The third kappa shape index (κ3) is 4.46. The quantitative estimate of drug-likeness (QED) is 0.205. The molecule has 0 unspecified atom stereocenters. The molecule has 9 heteroatoms. The third-order valence-electron chi connectivity index (χ3n) is 8.46. The number of halogens is 1. The first-order valence-electron chi connectivity index (χ1n) is 14.3. The second-order valence-corrected chi connectivity index (χ2v) is 12.4. The van der Waals surface area contributed by atoms with Crippen molar-refractivity contribution in [3.63, 3.8) is 0 Å². The number of hydrogen-bond acceptors (Lipinski definition) is 6. The Morgan fingerprint density at radius 3 is 2.25 bits per heavy atom. The Morgan fingerprint density at radius 2 is 1.61 bits per heavy atom. The molecular weight excluding hydrogens is 563 g/mol. The minimum Gasteiger partial charge on any atom is -0.443 e. The van der Waals surface area contributed by atoms with Crippen LogP contribution >= 0.6 is 0 Å². The number of anilines is 1. The zero-order valence-electron chi connectivity index (χ0n) is 24.7. The third-order valence-corrected chi connectivity index (χ3v) is 8.46. The number of fused-ring (bicyclic) bond motifs is 2. The Labute approximate surface area is 253 Å². The highest BCUT2D eigenvalue weighted by Gasteiger charge is 2.67. The molecule has 0 spiro atoms. The van der Waals surface area contributed by atoms with Gasteiger partial charge in [-0.3, -0.25) is 14.9 Å². The van der Waals surface area contributed by atoms with Gasteiger partial charge in [0, 0.05) is 4.92 Å². The maximum absolute atomic E-state index is 15.1. The Balaban J connectivity index is 1.67. The fourth-order valence-electron chi connectivity index (χ4n) is 6.73. The summed E-state index contributed by atoms with van der Waals surface area (Å²) in [5.41, 5.74) is 1.02. The van der Waals surface area contributed by atoms with Gasteiger partial charge in [0.2, 0.25) is 0 Å². The van der Waals surface area contributed by atoms with E-state index < -0.39 is 51.8 Å². The summed E-state index contributed by atoms with van der Waals surface area (Å²) in [4.78, 5) is 41.9. The number of aliphatic hydroxyl groups excluding tert-OH is 1. The van der Waals surface area contributed by atoms with Crippen LogP contribution in [0, 0.1) is 22.9 Å². The Bertz CT molecular complexity index is 1800. The standard InChI is InChI=1S/C35H31FN2O6/c1-20-10-17-28-27(18-20)35(32(40)37(28)33(41)44-34(2,3)4,23-13-11-22(12-14-23)21-8-6-5-7-9-21)29-25-16-15-24(36)19-26(25)31(39)30(29)38(42)43/h5-19,29-31,39H,1-4H3/t29-,30-,31+,35+/m0/s1. The van der Waals surface area contributed by atoms with Gasteiger partial charge in [-0.1, -0.05) is 78.4 Å². The number of benzene rings is 4. The molecule has 0 bridgehead atoms. The van der Waals surface area contributed by atoms with Gasteiger partial charge < -0.3 is 9.84 Å². The van der Waals surface area contributed by atoms with Crippen LogP contribution in [0.1, 0.15) is 60.6 Å². The topological polar surface area (TPSA) is 110 Å². The largest absolute Gasteiger partial charge is 0.443 e. The number of carbonyl (C=O) groups is 2. The number of imide groups is 1. The number of amides is 2. The highest BCUT2D eigenvalue weighted by atomic mass is 19.1. The maximum atomic E-state index is 15.1. The fraction of sp³-hybridized carbons (Fsp3) is 0.257. The molecule has 4 aromatic rings. The van der Waals surface area contributed by atoms with Crippen LogP contribution in [-0.2, 0) is 14.9 Å². The predicted octanol–water partition coefficient (Wildman–Crippen LogP) is 6.85. The lowest BCUT2D eigenvalue weighted by Gasteiger charge is -2.36. The van der Waals surface area contributed by atoms with Gasteiger partial charge in [0.05, 0.1) is 11.6 Å². The van der Waals surface area contributed by atoms with Gasteiger partial charge in [0.1, 0.15) is 22.9 Å². The summed E-state index contributed by atoms with van der Waals surface area (Å²) in [6, 6.07) is 23.7. The molecule has 1 aliphatic carbocycles. The van der Waals surface area contributed by atoms with E-state index in [4.69, 9.17) is 4.74 Å². The fourth-order valence-corrected chi connectivity index (χ4v) is 6.73. The predicted molar refractivity (Wildman–Crippen MR) is 162 cm³/mol. The van der Waals surface area contributed by atoms with Crippen molar-refractivity contribution in [2.24, 2.45) is 0 Å². The number of rotatable bonds is 4. The molecule has 1 aliphatic heterocycles. The first-order valence-corrected chi connectivity index (χ1v) is 14.3. The summed E-state index contributed by atoms with van der Waals surface area (Å²) < 4.78 is 20.1. The van der Waals surface area contributed by atoms with E-state index in [0.717, 1.165) is 33.7 Å². The number of hydrogen-bond donors (Lipinski definition) is 1. The van der Waals surface area contributed by atoms with E-state index in [-0.39, 0.29) is 16.8 Å². The van der Waals surface area contributed by atoms with E-state index in [1.54, 1.807) is 51.1 Å². The van der Waals surface area contributed by atoms with Gasteiger partial charge >= 0.3 is 6.09 Å². The van der Waals surface area contributed by atoms with Gasteiger partial charge in [0.25, 0.3) is 11.9 Å². The van der Waals surface area contributed by atoms with Gasteiger partial charge in [-0.15, -0.1) is 0 Å². The van der Waals surface area contributed by atoms with Gasteiger partial charge in [0.15, 0.2) is 0 Å². The number of nitrogens with zero attached hydrogens (tertiary/aromatic N) is 2. The highest BCUT2D eigenvalue weighted by molar-refractivity contribution is 6.23. The average Bonchev–Trinajstić information content (AvgIpc) is 3.40. The molecule has 0 radical (unpaired) electrons. The molecule has 0 fully saturated rings. The van der Waals surface area contributed by atoms with Crippen LogP contribution in [0.3, 0.4) is 0 Å². The zero-order valence-corrected chi connectivity index (χ0v) is 24.7. The first-order chi connectivity index (χ1) is 20.8. The van der Waals surface area contributed by atoms with Crippen molar-refractivity contribution in [1.29, 1.82) is 0 Å². The summed E-state index contributed by atoms with van der Waals surface area (Å²) >= 11 is 0. The second-order valence-electron chi connectivity index (χ2n) is 12.4. The summed E-state index contributed by atoms with van der Waals surface area (Å²) in [5.74, 6) is -2.72. The van der Waals surface area contributed by atoms with Crippen LogP contribution in [0.5, 0.6) is 0 Å². The first kappa shape index (κ1) is 29.2. The number of carbonyl (C=O) groups excluding carboxylic acids is 2. The molecule has 6 rings (SSSR count). The smallest absolute Gasteiger partial charge is 0.421 e. The lowest BCUT2D eigenvalue weighted by atomic mass is 9.63. The van der Waals surface area contributed by atoms with Crippen molar-refractivity contribution in [3.8, 4) is 11.1 Å². The van der Waals surface area contributed by atoms with E-state index in [1.165, 1.54) is 6.07 Å². The summed E-state index contributed by atoms with van der Waals surface area (Å²) in [6.45, 7) is 6.86. The van der Waals surface area contributed by atoms with Crippen LogP contribution in [0.2, 0.25) is 0 Å². The van der Waals surface area contributed by atoms with E-state index in [0.29, 0.717) is 11.1 Å².